The van der Waals surface area contributed by atoms with Gasteiger partial charge >= 0.3 is 0 Å². The van der Waals surface area contributed by atoms with Crippen LogP contribution in [0.4, 0.5) is 17.1 Å². The normalized spacial score (nSPS) is 11.6. The molecule has 2 nitrogen and oxygen atoms in total. The molecule has 10 aromatic rings. The Morgan fingerprint density at radius 1 is 0.340 bits per heavy atom. The van der Waals surface area contributed by atoms with Crippen molar-refractivity contribution in [1.29, 1.82) is 0 Å². The Hall–Kier alpha value is -6.64. The minimum absolute atomic E-state index is 0.912. The molecule has 0 unspecified atom stereocenters. The van der Waals surface area contributed by atoms with Gasteiger partial charge in [-0.25, -0.2) is 0 Å². The lowest BCUT2D eigenvalue weighted by atomic mass is 9.94. The molecule has 0 spiro atoms. The average molecular weight is 638 g/mol. The second-order valence-corrected chi connectivity index (χ2v) is 12.9. The fourth-order valence-electron chi connectivity index (χ4n) is 7.65. The Kier molecular flexibility index (Phi) is 6.53. The average Bonchev–Trinajstić information content (AvgIpc) is 3.58. The predicted molar refractivity (Wildman–Crippen MR) is 212 cm³/mol. The molecule has 0 fully saturated rings. The first-order chi connectivity index (χ1) is 24.8. The molecule has 0 saturated carbocycles. The van der Waals surface area contributed by atoms with E-state index < -0.39 is 0 Å². The van der Waals surface area contributed by atoms with Gasteiger partial charge in [0.2, 0.25) is 0 Å². The zero-order chi connectivity index (χ0) is 33.0. The number of benzene rings is 9. The van der Waals surface area contributed by atoms with Crippen molar-refractivity contribution in [1.82, 2.24) is 0 Å². The third-order valence-corrected chi connectivity index (χ3v) is 10.1. The quantitative estimate of drug-likeness (QED) is 0.187. The number of rotatable bonds is 5. The van der Waals surface area contributed by atoms with E-state index in [0.717, 1.165) is 55.3 Å². The van der Waals surface area contributed by atoms with Gasteiger partial charge in [0, 0.05) is 32.8 Å². The van der Waals surface area contributed by atoms with Gasteiger partial charge in [-0.15, -0.1) is 0 Å². The fourth-order valence-corrected chi connectivity index (χ4v) is 7.65. The smallest absolute Gasteiger partial charge is 0.143 e. The van der Waals surface area contributed by atoms with Crippen LogP contribution in [0.3, 0.4) is 0 Å². The molecule has 10 rings (SSSR count). The Morgan fingerprint density at radius 3 is 1.84 bits per heavy atom. The van der Waals surface area contributed by atoms with E-state index in [-0.39, 0.29) is 0 Å². The molecular weight excluding hydrogens is 607 g/mol. The van der Waals surface area contributed by atoms with Gasteiger partial charge in [-0.1, -0.05) is 146 Å². The standard InChI is InChI=1S/C48H31NO/c1-2-13-35-31-36(24-23-32(35)11-1)33-25-27-37(28-26-33)49(45-21-9-14-34-12-3-4-15-38(34)45)46-20-7-5-16-41(46)39-18-10-19-43-40(39)29-30-44-42-17-6-8-22-47(42)50-48(43)44/h1-31H. The van der Waals surface area contributed by atoms with Crippen LogP contribution in [-0.4, -0.2) is 0 Å². The molecular formula is C48H31NO. The number of fused-ring (bicyclic) bond motifs is 7. The van der Waals surface area contributed by atoms with Crippen molar-refractivity contribution in [3.63, 3.8) is 0 Å². The molecule has 0 N–H and O–H groups in total. The molecule has 0 amide bonds. The highest BCUT2D eigenvalue weighted by Gasteiger charge is 2.21. The first-order valence-electron chi connectivity index (χ1n) is 17.1. The minimum Gasteiger partial charge on any atom is -0.455 e. The van der Waals surface area contributed by atoms with E-state index in [1.54, 1.807) is 0 Å². The van der Waals surface area contributed by atoms with E-state index in [1.807, 2.05) is 12.1 Å². The predicted octanol–water partition coefficient (Wildman–Crippen LogP) is 13.8. The van der Waals surface area contributed by atoms with Gasteiger partial charge in [-0.2, -0.15) is 0 Å². The molecule has 234 valence electrons. The van der Waals surface area contributed by atoms with Gasteiger partial charge in [0.15, 0.2) is 0 Å². The van der Waals surface area contributed by atoms with E-state index in [4.69, 9.17) is 4.42 Å². The molecule has 0 radical (unpaired) electrons. The molecule has 1 aromatic heterocycles. The summed E-state index contributed by atoms with van der Waals surface area (Å²) >= 11 is 0. The number of furan rings is 1. The van der Waals surface area contributed by atoms with Crippen LogP contribution >= 0.6 is 0 Å². The topological polar surface area (TPSA) is 16.4 Å². The summed E-state index contributed by atoms with van der Waals surface area (Å²) in [6, 6.07) is 67.6. The Balaban J connectivity index is 1.17. The van der Waals surface area contributed by atoms with Crippen LogP contribution < -0.4 is 4.90 Å². The Bertz CT molecular complexity index is 2870. The lowest BCUT2D eigenvalue weighted by Crippen LogP contribution is -2.11. The van der Waals surface area contributed by atoms with Crippen molar-refractivity contribution in [3.8, 4) is 22.3 Å². The first-order valence-corrected chi connectivity index (χ1v) is 17.1. The summed E-state index contributed by atoms with van der Waals surface area (Å²) in [6.45, 7) is 0. The van der Waals surface area contributed by atoms with Crippen molar-refractivity contribution >= 4 is 71.3 Å². The summed E-state index contributed by atoms with van der Waals surface area (Å²) in [4.78, 5) is 2.42. The van der Waals surface area contributed by atoms with Crippen LogP contribution in [-0.2, 0) is 0 Å². The SMILES string of the molecule is c1ccc(N(c2ccc(-c3ccc4ccccc4c3)cc2)c2cccc3ccccc23)c(-c2cccc3c2ccc2c4ccccc4oc32)c1. The third kappa shape index (κ3) is 4.57. The lowest BCUT2D eigenvalue weighted by molar-refractivity contribution is 0.672. The van der Waals surface area contributed by atoms with Crippen molar-refractivity contribution in [2.75, 3.05) is 4.90 Å². The molecule has 0 bridgehead atoms. The highest BCUT2D eigenvalue weighted by molar-refractivity contribution is 6.18. The van der Waals surface area contributed by atoms with E-state index >= 15 is 0 Å². The maximum absolute atomic E-state index is 6.48. The third-order valence-electron chi connectivity index (χ3n) is 10.1. The molecule has 0 aliphatic heterocycles. The van der Waals surface area contributed by atoms with Gasteiger partial charge in [-0.3, -0.25) is 0 Å². The molecule has 0 saturated heterocycles. The monoisotopic (exact) mass is 637 g/mol. The lowest BCUT2D eigenvalue weighted by Gasteiger charge is -2.29. The van der Waals surface area contributed by atoms with Crippen LogP contribution in [0.2, 0.25) is 0 Å². The second-order valence-electron chi connectivity index (χ2n) is 12.9. The van der Waals surface area contributed by atoms with Gasteiger partial charge in [0.1, 0.15) is 11.2 Å². The zero-order valence-corrected chi connectivity index (χ0v) is 27.3. The Labute approximate surface area is 290 Å². The second kappa shape index (κ2) is 11.5. The van der Waals surface area contributed by atoms with Gasteiger partial charge < -0.3 is 9.32 Å². The van der Waals surface area contributed by atoms with E-state index in [1.165, 1.54) is 38.2 Å². The van der Waals surface area contributed by atoms with Gasteiger partial charge in [-0.05, 0) is 80.7 Å². The molecule has 1 heterocycles. The number of hydrogen-bond acceptors (Lipinski definition) is 2. The minimum atomic E-state index is 0.912. The molecule has 9 aromatic carbocycles. The number of para-hydroxylation sites is 2. The Morgan fingerprint density at radius 2 is 0.940 bits per heavy atom. The number of anilines is 3. The summed E-state index contributed by atoms with van der Waals surface area (Å²) < 4.78 is 6.48. The number of nitrogens with zero attached hydrogens (tertiary/aromatic N) is 1. The van der Waals surface area contributed by atoms with Crippen molar-refractivity contribution in [2.24, 2.45) is 0 Å². The van der Waals surface area contributed by atoms with E-state index in [0.29, 0.717) is 0 Å². The number of hydrogen-bond donors (Lipinski definition) is 0. The largest absolute Gasteiger partial charge is 0.455 e. The van der Waals surface area contributed by atoms with Crippen molar-refractivity contribution in [3.05, 3.63) is 188 Å². The first kappa shape index (κ1) is 28.4. The zero-order valence-electron chi connectivity index (χ0n) is 27.3. The van der Waals surface area contributed by atoms with E-state index in [2.05, 4.69) is 181 Å². The highest BCUT2D eigenvalue weighted by atomic mass is 16.3. The molecule has 0 aliphatic rings. The van der Waals surface area contributed by atoms with Crippen molar-refractivity contribution < 1.29 is 4.42 Å². The maximum atomic E-state index is 6.48. The van der Waals surface area contributed by atoms with Crippen LogP contribution in [0.25, 0.3) is 76.5 Å². The van der Waals surface area contributed by atoms with Crippen LogP contribution in [0, 0.1) is 0 Å². The summed E-state index contributed by atoms with van der Waals surface area (Å²) in [5.41, 5.74) is 9.90. The van der Waals surface area contributed by atoms with Crippen molar-refractivity contribution in [2.45, 2.75) is 0 Å². The summed E-state index contributed by atoms with van der Waals surface area (Å²) in [5.74, 6) is 0. The molecule has 0 atom stereocenters. The summed E-state index contributed by atoms with van der Waals surface area (Å²) in [5, 5.41) is 9.46. The highest BCUT2D eigenvalue weighted by Crippen LogP contribution is 2.46. The van der Waals surface area contributed by atoms with Gasteiger partial charge in [0.05, 0.1) is 11.4 Å². The molecule has 2 heteroatoms. The van der Waals surface area contributed by atoms with E-state index in [9.17, 15) is 0 Å². The van der Waals surface area contributed by atoms with Crippen LogP contribution in [0.15, 0.2) is 192 Å². The summed E-state index contributed by atoms with van der Waals surface area (Å²) in [6.07, 6.45) is 0. The fraction of sp³-hybridized carbons (Fsp3) is 0. The summed E-state index contributed by atoms with van der Waals surface area (Å²) in [7, 11) is 0. The molecule has 50 heavy (non-hydrogen) atoms. The van der Waals surface area contributed by atoms with Crippen LogP contribution in [0.1, 0.15) is 0 Å². The maximum Gasteiger partial charge on any atom is 0.143 e. The van der Waals surface area contributed by atoms with Gasteiger partial charge in [0.25, 0.3) is 0 Å². The molecule has 0 aliphatic carbocycles. The van der Waals surface area contributed by atoms with Crippen LogP contribution in [0.5, 0.6) is 0 Å².